The fourth-order valence-electron chi connectivity index (χ4n) is 2.97. The first-order valence-corrected chi connectivity index (χ1v) is 10.6. The molecule has 0 bridgehead atoms. The van der Waals surface area contributed by atoms with Crippen LogP contribution in [0.1, 0.15) is 95.3 Å². The molecule has 0 spiro atoms. The highest BCUT2D eigenvalue weighted by atomic mass is 16.6. The molecule has 0 unspecified atom stereocenters. The third-order valence-corrected chi connectivity index (χ3v) is 4.42. The van der Waals surface area contributed by atoms with E-state index in [1.165, 1.54) is 77.0 Å². The Morgan fingerprint density at radius 3 is 1.86 bits per heavy atom. The molecule has 6 nitrogen and oxygen atoms in total. The van der Waals surface area contributed by atoms with Gasteiger partial charge in [-0.1, -0.05) is 64.7 Å². The van der Waals surface area contributed by atoms with Gasteiger partial charge in [0, 0.05) is 13.8 Å². The number of esters is 3. The summed E-state index contributed by atoms with van der Waals surface area (Å²) in [6.45, 7) is 5.04. The fraction of sp³-hybridized carbons (Fsp3) is 0.609. The first kappa shape index (κ1) is 24.7. The summed E-state index contributed by atoms with van der Waals surface area (Å²) in [6.07, 6.45) is 11.9. The van der Waals surface area contributed by atoms with Crippen molar-refractivity contribution in [3.8, 4) is 11.5 Å². The Morgan fingerprint density at radius 1 is 0.759 bits per heavy atom. The number of benzene rings is 1. The van der Waals surface area contributed by atoms with Crippen LogP contribution in [-0.2, 0) is 14.3 Å². The van der Waals surface area contributed by atoms with E-state index < -0.39 is 17.9 Å². The molecule has 1 rings (SSSR count). The summed E-state index contributed by atoms with van der Waals surface area (Å²) in [7, 11) is 0. The summed E-state index contributed by atoms with van der Waals surface area (Å²) in [5.41, 5.74) is 0.0611. The van der Waals surface area contributed by atoms with Gasteiger partial charge in [-0.2, -0.15) is 0 Å². The van der Waals surface area contributed by atoms with Gasteiger partial charge in [0.2, 0.25) is 0 Å². The molecule has 0 aliphatic carbocycles. The van der Waals surface area contributed by atoms with Crippen molar-refractivity contribution in [1.29, 1.82) is 0 Å². The highest BCUT2D eigenvalue weighted by Gasteiger charge is 2.17. The molecule has 6 heteroatoms. The number of hydrogen-bond acceptors (Lipinski definition) is 6. The van der Waals surface area contributed by atoms with Crippen molar-refractivity contribution < 1.29 is 28.6 Å². The Labute approximate surface area is 173 Å². The van der Waals surface area contributed by atoms with Gasteiger partial charge < -0.3 is 14.2 Å². The summed E-state index contributed by atoms with van der Waals surface area (Å²) >= 11 is 0. The topological polar surface area (TPSA) is 78.9 Å². The van der Waals surface area contributed by atoms with Crippen LogP contribution in [0.4, 0.5) is 0 Å². The molecule has 0 radical (unpaired) electrons. The normalized spacial score (nSPS) is 10.4. The lowest BCUT2D eigenvalue weighted by Crippen LogP contribution is -2.12. The molecule has 0 aromatic heterocycles. The smallest absolute Gasteiger partial charge is 0.342 e. The fourth-order valence-corrected chi connectivity index (χ4v) is 2.97. The van der Waals surface area contributed by atoms with E-state index in [1.54, 1.807) is 0 Å². The van der Waals surface area contributed by atoms with Crippen LogP contribution in [0.25, 0.3) is 0 Å². The second-order valence-electron chi connectivity index (χ2n) is 7.16. The minimum absolute atomic E-state index is 0.0611. The minimum Gasteiger partial charge on any atom is -0.462 e. The summed E-state index contributed by atoms with van der Waals surface area (Å²) in [6, 6.07) is 4.22. The highest BCUT2D eigenvalue weighted by molar-refractivity contribution is 5.94. The van der Waals surface area contributed by atoms with Crippen molar-refractivity contribution in [2.24, 2.45) is 0 Å². The zero-order valence-electron chi connectivity index (χ0n) is 18.0. The van der Waals surface area contributed by atoms with Gasteiger partial charge in [0.25, 0.3) is 0 Å². The Hall–Kier alpha value is -2.37. The van der Waals surface area contributed by atoms with Crippen molar-refractivity contribution in [3.63, 3.8) is 0 Å². The van der Waals surface area contributed by atoms with E-state index in [-0.39, 0.29) is 17.1 Å². The molecular weight excluding hydrogens is 372 g/mol. The van der Waals surface area contributed by atoms with Gasteiger partial charge in [-0.25, -0.2) is 4.79 Å². The Kier molecular flexibility index (Phi) is 12.4. The predicted octanol–water partition coefficient (Wildman–Crippen LogP) is 5.61. The average Bonchev–Trinajstić information content (AvgIpc) is 2.66. The van der Waals surface area contributed by atoms with Crippen LogP contribution in [0.2, 0.25) is 0 Å². The maximum atomic E-state index is 12.4. The molecule has 1 aromatic rings. The molecule has 0 aliphatic rings. The Balaban J connectivity index is 2.38. The zero-order valence-corrected chi connectivity index (χ0v) is 18.0. The van der Waals surface area contributed by atoms with E-state index >= 15 is 0 Å². The van der Waals surface area contributed by atoms with Crippen LogP contribution < -0.4 is 9.47 Å². The molecule has 29 heavy (non-hydrogen) atoms. The van der Waals surface area contributed by atoms with Crippen molar-refractivity contribution >= 4 is 17.9 Å². The second kappa shape index (κ2) is 14.6. The summed E-state index contributed by atoms with van der Waals surface area (Å²) in [5, 5.41) is 0. The summed E-state index contributed by atoms with van der Waals surface area (Å²) < 4.78 is 15.4. The first-order valence-electron chi connectivity index (χ1n) is 10.6. The van der Waals surface area contributed by atoms with Crippen molar-refractivity contribution in [3.05, 3.63) is 23.8 Å². The molecule has 0 fully saturated rings. The van der Waals surface area contributed by atoms with Gasteiger partial charge in [0.15, 0.2) is 0 Å². The number of carbonyl (C=O) groups is 3. The lowest BCUT2D eigenvalue weighted by atomic mass is 10.1. The molecule has 0 aliphatic heterocycles. The molecule has 0 saturated heterocycles. The number of ether oxygens (including phenoxy) is 3. The predicted molar refractivity (Wildman–Crippen MR) is 111 cm³/mol. The SMILES string of the molecule is CCCCCCCCCCCCOC(=O)c1cc(OC(C)=O)ccc1OC(C)=O. The number of rotatable bonds is 14. The monoisotopic (exact) mass is 406 g/mol. The van der Waals surface area contributed by atoms with E-state index in [4.69, 9.17) is 14.2 Å². The molecule has 162 valence electrons. The molecule has 0 amide bonds. The van der Waals surface area contributed by atoms with Crippen molar-refractivity contribution in [1.82, 2.24) is 0 Å². The lowest BCUT2D eigenvalue weighted by Gasteiger charge is -2.11. The molecule has 0 N–H and O–H groups in total. The number of carbonyl (C=O) groups excluding carboxylic acids is 3. The van der Waals surface area contributed by atoms with Gasteiger partial charge in [-0.3, -0.25) is 9.59 Å². The molecule has 1 aromatic carbocycles. The lowest BCUT2D eigenvalue weighted by molar-refractivity contribution is -0.133. The van der Waals surface area contributed by atoms with Gasteiger partial charge >= 0.3 is 17.9 Å². The third kappa shape index (κ3) is 11.3. The van der Waals surface area contributed by atoms with E-state index in [2.05, 4.69) is 6.92 Å². The van der Waals surface area contributed by atoms with Gasteiger partial charge in [-0.05, 0) is 24.6 Å². The quantitative estimate of drug-likeness (QED) is 0.227. The van der Waals surface area contributed by atoms with Crippen LogP contribution in [-0.4, -0.2) is 24.5 Å². The average molecular weight is 407 g/mol. The first-order chi connectivity index (χ1) is 13.9. The maximum absolute atomic E-state index is 12.4. The molecular formula is C23H34O6. The largest absolute Gasteiger partial charge is 0.462 e. The Bertz CT molecular complexity index is 653. The van der Waals surface area contributed by atoms with Crippen LogP contribution in [0.15, 0.2) is 18.2 Å². The molecule has 0 heterocycles. The van der Waals surface area contributed by atoms with Gasteiger partial charge in [0.1, 0.15) is 17.1 Å². The number of unbranched alkanes of at least 4 members (excludes halogenated alkanes) is 9. The summed E-state index contributed by atoms with van der Waals surface area (Å²) in [5.74, 6) is -1.38. The van der Waals surface area contributed by atoms with Crippen LogP contribution in [0, 0.1) is 0 Å². The van der Waals surface area contributed by atoms with E-state index in [0.29, 0.717) is 6.61 Å². The van der Waals surface area contributed by atoms with E-state index in [0.717, 1.165) is 19.3 Å². The van der Waals surface area contributed by atoms with Gasteiger partial charge in [-0.15, -0.1) is 0 Å². The maximum Gasteiger partial charge on any atom is 0.342 e. The highest BCUT2D eigenvalue weighted by Crippen LogP contribution is 2.26. The van der Waals surface area contributed by atoms with Gasteiger partial charge in [0.05, 0.1) is 6.61 Å². The molecule has 0 saturated carbocycles. The van der Waals surface area contributed by atoms with Crippen LogP contribution in [0.5, 0.6) is 11.5 Å². The number of hydrogen-bond donors (Lipinski definition) is 0. The molecule has 0 atom stereocenters. The second-order valence-corrected chi connectivity index (χ2v) is 7.16. The van der Waals surface area contributed by atoms with E-state index in [9.17, 15) is 14.4 Å². The van der Waals surface area contributed by atoms with E-state index in [1.807, 2.05) is 0 Å². The summed E-state index contributed by atoms with van der Waals surface area (Å²) in [4.78, 5) is 34.8. The third-order valence-electron chi connectivity index (χ3n) is 4.42. The Morgan fingerprint density at radius 2 is 1.31 bits per heavy atom. The van der Waals surface area contributed by atoms with Crippen molar-refractivity contribution in [2.45, 2.75) is 85.0 Å². The van der Waals surface area contributed by atoms with Crippen molar-refractivity contribution in [2.75, 3.05) is 6.61 Å². The van der Waals surface area contributed by atoms with Crippen LogP contribution in [0.3, 0.4) is 0 Å². The standard InChI is InChI=1S/C23H34O6/c1-4-5-6-7-8-9-10-11-12-13-16-27-23(26)21-17-20(28-18(2)24)14-15-22(21)29-19(3)25/h14-15,17H,4-13,16H2,1-3H3. The zero-order chi connectivity index (χ0) is 21.5. The minimum atomic E-state index is -0.605. The van der Waals surface area contributed by atoms with Crippen LogP contribution >= 0.6 is 0 Å².